The highest BCUT2D eigenvalue weighted by Crippen LogP contribution is 2.35. The SMILES string of the molecule is Cc1nc2sc([C@H](c3ccc(C(C)C)cc3)[NH+]3CCOCC3)c(O)n2n1. The summed E-state index contributed by atoms with van der Waals surface area (Å²) in [5, 5.41) is 15.2. The van der Waals surface area contributed by atoms with Gasteiger partial charge in [-0.3, -0.25) is 0 Å². The fourth-order valence-electron chi connectivity index (χ4n) is 3.60. The van der Waals surface area contributed by atoms with E-state index in [2.05, 4.69) is 48.2 Å². The van der Waals surface area contributed by atoms with Crippen LogP contribution in [-0.4, -0.2) is 46.0 Å². The standard InChI is InChI=1S/C19H24N4O2S/c1-12(2)14-4-6-15(7-5-14)16(22-8-10-25-11-9-22)17-18(24)23-19(26-17)20-13(3)21-23/h4-7,12,16,24H,8-11H2,1-3H3/p+1/t16-/m0/s1. The number of aromatic hydroxyl groups is 1. The zero-order valence-electron chi connectivity index (χ0n) is 15.4. The maximum absolute atomic E-state index is 10.8. The first kappa shape index (κ1) is 17.5. The Balaban J connectivity index is 1.78. The van der Waals surface area contributed by atoms with Crippen LogP contribution in [0.1, 0.15) is 47.6 Å². The summed E-state index contributed by atoms with van der Waals surface area (Å²) >= 11 is 1.53. The number of nitrogens with one attached hydrogen (secondary N) is 1. The Morgan fingerprint density at radius 3 is 2.42 bits per heavy atom. The number of aryl methyl sites for hydroxylation is 1. The van der Waals surface area contributed by atoms with Crippen LogP contribution in [0.15, 0.2) is 24.3 Å². The molecule has 7 heteroatoms. The van der Waals surface area contributed by atoms with Gasteiger partial charge in [-0.05, 0) is 18.4 Å². The van der Waals surface area contributed by atoms with E-state index in [4.69, 9.17) is 4.74 Å². The molecule has 1 aliphatic rings. The van der Waals surface area contributed by atoms with Crippen molar-refractivity contribution >= 4 is 16.3 Å². The van der Waals surface area contributed by atoms with E-state index in [0.29, 0.717) is 11.7 Å². The van der Waals surface area contributed by atoms with Crippen LogP contribution in [0.4, 0.5) is 0 Å². The highest BCUT2D eigenvalue weighted by molar-refractivity contribution is 7.17. The normalized spacial score (nSPS) is 17.2. The average Bonchev–Trinajstić information content (AvgIpc) is 3.14. The maximum Gasteiger partial charge on any atom is 0.235 e. The number of quaternary nitrogens is 1. The Bertz CT molecular complexity index is 894. The number of thiazole rings is 1. The zero-order chi connectivity index (χ0) is 18.3. The lowest BCUT2D eigenvalue weighted by molar-refractivity contribution is -0.932. The van der Waals surface area contributed by atoms with Crippen molar-refractivity contribution in [3.05, 3.63) is 46.1 Å². The van der Waals surface area contributed by atoms with Crippen molar-refractivity contribution in [2.45, 2.75) is 32.7 Å². The molecule has 0 amide bonds. The largest absolute Gasteiger partial charge is 0.492 e. The lowest BCUT2D eigenvalue weighted by Crippen LogP contribution is -3.14. The predicted molar refractivity (Wildman–Crippen MR) is 101 cm³/mol. The van der Waals surface area contributed by atoms with E-state index in [0.717, 1.165) is 36.1 Å². The molecule has 1 aromatic carbocycles. The van der Waals surface area contributed by atoms with Gasteiger partial charge in [0.25, 0.3) is 0 Å². The van der Waals surface area contributed by atoms with Gasteiger partial charge in [0.1, 0.15) is 23.8 Å². The van der Waals surface area contributed by atoms with Crippen molar-refractivity contribution in [2.75, 3.05) is 26.3 Å². The molecule has 3 heterocycles. The van der Waals surface area contributed by atoms with Crippen LogP contribution >= 0.6 is 11.3 Å². The zero-order valence-corrected chi connectivity index (χ0v) is 16.2. The molecule has 1 atom stereocenters. The van der Waals surface area contributed by atoms with E-state index in [1.165, 1.54) is 27.4 Å². The fraction of sp³-hybridized carbons (Fsp3) is 0.474. The number of hydrogen-bond acceptors (Lipinski definition) is 5. The lowest BCUT2D eigenvalue weighted by Gasteiger charge is -2.31. The summed E-state index contributed by atoms with van der Waals surface area (Å²) in [6, 6.07) is 8.86. The number of rotatable bonds is 4. The Hall–Kier alpha value is -1.96. The molecule has 6 nitrogen and oxygen atoms in total. The van der Waals surface area contributed by atoms with Gasteiger partial charge in [-0.15, -0.1) is 5.10 Å². The molecule has 0 unspecified atom stereocenters. The van der Waals surface area contributed by atoms with E-state index in [1.54, 1.807) is 4.52 Å². The third-order valence-electron chi connectivity index (χ3n) is 5.05. The van der Waals surface area contributed by atoms with Crippen LogP contribution in [0.2, 0.25) is 0 Å². The molecule has 26 heavy (non-hydrogen) atoms. The summed E-state index contributed by atoms with van der Waals surface area (Å²) in [6.45, 7) is 9.58. The van der Waals surface area contributed by atoms with Gasteiger partial charge < -0.3 is 14.7 Å². The molecule has 4 rings (SSSR count). The molecule has 138 valence electrons. The molecule has 0 aliphatic carbocycles. The quantitative estimate of drug-likeness (QED) is 0.734. The minimum absolute atomic E-state index is 0.0638. The maximum atomic E-state index is 10.8. The van der Waals surface area contributed by atoms with E-state index in [-0.39, 0.29) is 11.9 Å². The molecular weight excluding hydrogens is 348 g/mol. The number of fused-ring (bicyclic) bond motifs is 1. The van der Waals surface area contributed by atoms with Crippen molar-refractivity contribution in [2.24, 2.45) is 0 Å². The smallest absolute Gasteiger partial charge is 0.235 e. The first-order chi connectivity index (χ1) is 12.5. The highest BCUT2D eigenvalue weighted by atomic mass is 32.1. The summed E-state index contributed by atoms with van der Waals surface area (Å²) in [4.78, 5) is 7.50. The second-order valence-electron chi connectivity index (χ2n) is 7.17. The number of morpholine rings is 1. The van der Waals surface area contributed by atoms with Gasteiger partial charge in [0, 0.05) is 5.56 Å². The van der Waals surface area contributed by atoms with Gasteiger partial charge in [0.05, 0.1) is 13.2 Å². The van der Waals surface area contributed by atoms with E-state index < -0.39 is 0 Å². The molecule has 1 fully saturated rings. The van der Waals surface area contributed by atoms with Crippen LogP contribution in [0, 0.1) is 6.92 Å². The molecule has 2 N–H and O–H groups in total. The van der Waals surface area contributed by atoms with Gasteiger partial charge in [-0.2, -0.15) is 4.52 Å². The van der Waals surface area contributed by atoms with E-state index >= 15 is 0 Å². The molecule has 0 saturated carbocycles. The van der Waals surface area contributed by atoms with Crippen LogP contribution in [-0.2, 0) is 4.74 Å². The summed E-state index contributed by atoms with van der Waals surface area (Å²) in [5.41, 5.74) is 2.54. The first-order valence-electron chi connectivity index (χ1n) is 9.12. The number of nitrogens with zero attached hydrogens (tertiary/aromatic N) is 3. The lowest BCUT2D eigenvalue weighted by atomic mass is 9.97. The minimum Gasteiger partial charge on any atom is -0.492 e. The van der Waals surface area contributed by atoms with E-state index in [1.807, 2.05) is 6.92 Å². The van der Waals surface area contributed by atoms with Crippen molar-refractivity contribution in [3.8, 4) is 5.88 Å². The third kappa shape index (κ3) is 3.11. The number of benzene rings is 1. The summed E-state index contributed by atoms with van der Waals surface area (Å²) in [6.07, 6.45) is 0. The summed E-state index contributed by atoms with van der Waals surface area (Å²) in [7, 11) is 0. The summed E-state index contributed by atoms with van der Waals surface area (Å²) < 4.78 is 7.11. The van der Waals surface area contributed by atoms with Crippen molar-refractivity contribution in [3.63, 3.8) is 0 Å². The van der Waals surface area contributed by atoms with Gasteiger partial charge in [0.2, 0.25) is 10.8 Å². The molecule has 0 radical (unpaired) electrons. The second-order valence-corrected chi connectivity index (χ2v) is 8.18. The average molecular weight is 374 g/mol. The number of hydrogen-bond donors (Lipinski definition) is 2. The van der Waals surface area contributed by atoms with Crippen molar-refractivity contribution in [1.29, 1.82) is 0 Å². The molecule has 1 aliphatic heterocycles. The first-order valence-corrected chi connectivity index (χ1v) is 9.93. The van der Waals surface area contributed by atoms with Crippen molar-refractivity contribution < 1.29 is 14.7 Å². The number of aromatic nitrogens is 3. The highest BCUT2D eigenvalue weighted by Gasteiger charge is 2.33. The van der Waals surface area contributed by atoms with Gasteiger partial charge in [0.15, 0.2) is 6.04 Å². The number of ether oxygens (including phenoxy) is 1. The van der Waals surface area contributed by atoms with Crippen LogP contribution < -0.4 is 4.90 Å². The Kier molecular flexibility index (Phi) is 4.69. The molecular formula is C19H25N4O2S+. The minimum atomic E-state index is 0.0638. The van der Waals surface area contributed by atoms with Crippen LogP contribution in [0.3, 0.4) is 0 Å². The third-order valence-corrected chi connectivity index (χ3v) is 6.13. The van der Waals surface area contributed by atoms with Crippen molar-refractivity contribution in [1.82, 2.24) is 14.6 Å². The van der Waals surface area contributed by atoms with Gasteiger partial charge in [-0.1, -0.05) is 49.4 Å². The monoisotopic (exact) mass is 373 g/mol. The Labute approximate surface area is 157 Å². The molecule has 0 spiro atoms. The topological polar surface area (TPSA) is 64.1 Å². The molecule has 1 saturated heterocycles. The predicted octanol–water partition coefficient (Wildman–Crippen LogP) is 1.93. The second kappa shape index (κ2) is 6.98. The Morgan fingerprint density at radius 2 is 1.81 bits per heavy atom. The molecule has 3 aromatic rings. The van der Waals surface area contributed by atoms with Crippen LogP contribution in [0.25, 0.3) is 4.96 Å². The summed E-state index contributed by atoms with van der Waals surface area (Å²) in [5.74, 6) is 1.39. The van der Waals surface area contributed by atoms with Crippen LogP contribution in [0.5, 0.6) is 5.88 Å². The van der Waals surface area contributed by atoms with Gasteiger partial charge in [-0.25, -0.2) is 4.98 Å². The fourth-order valence-corrected chi connectivity index (χ4v) is 4.79. The molecule has 2 aromatic heterocycles. The Morgan fingerprint density at radius 1 is 1.15 bits per heavy atom. The van der Waals surface area contributed by atoms with Gasteiger partial charge >= 0.3 is 0 Å². The molecule has 0 bridgehead atoms. The van der Waals surface area contributed by atoms with E-state index in [9.17, 15) is 5.11 Å².